The standard InChI is InChI=1S/C13H10N4O3/c14-7-13(4-3-9(18)16-12(13)20)17-6-8-2-1-5-15-10(8)11(17)19/h1-2,5H,3-4,6H2,(H,16,18,20). The number of rotatable bonds is 1. The van der Waals surface area contributed by atoms with Gasteiger partial charge in [-0.25, -0.2) is 0 Å². The quantitative estimate of drug-likeness (QED) is 0.708. The van der Waals surface area contributed by atoms with Gasteiger partial charge < -0.3 is 4.90 Å². The second-order valence-electron chi connectivity index (χ2n) is 4.75. The van der Waals surface area contributed by atoms with Crippen LogP contribution in [0.15, 0.2) is 18.3 Å². The van der Waals surface area contributed by atoms with Gasteiger partial charge in [0.15, 0.2) is 0 Å². The molecule has 0 saturated carbocycles. The molecular weight excluding hydrogens is 260 g/mol. The molecule has 0 radical (unpaired) electrons. The highest BCUT2D eigenvalue weighted by Gasteiger charge is 2.52. The predicted molar refractivity (Wildman–Crippen MR) is 64.8 cm³/mol. The molecule has 3 amide bonds. The Morgan fingerprint density at radius 1 is 1.40 bits per heavy atom. The Bertz CT molecular complexity index is 678. The van der Waals surface area contributed by atoms with Crippen molar-refractivity contribution in [3.05, 3.63) is 29.6 Å². The number of carbonyl (C=O) groups is 3. The van der Waals surface area contributed by atoms with Gasteiger partial charge in [0.2, 0.25) is 11.4 Å². The molecule has 20 heavy (non-hydrogen) atoms. The van der Waals surface area contributed by atoms with Gasteiger partial charge in [0.25, 0.3) is 11.8 Å². The van der Waals surface area contributed by atoms with Crippen molar-refractivity contribution in [2.75, 3.05) is 0 Å². The molecular formula is C13H10N4O3. The van der Waals surface area contributed by atoms with Gasteiger partial charge in [0.1, 0.15) is 11.8 Å². The molecule has 1 N–H and O–H groups in total. The molecule has 100 valence electrons. The highest BCUT2D eigenvalue weighted by atomic mass is 16.2. The number of nitrogens with one attached hydrogen (secondary N) is 1. The third-order valence-corrected chi connectivity index (χ3v) is 3.66. The lowest BCUT2D eigenvalue weighted by Gasteiger charge is -2.36. The molecule has 1 saturated heterocycles. The second kappa shape index (κ2) is 4.13. The highest BCUT2D eigenvalue weighted by Crippen LogP contribution is 2.32. The fraction of sp³-hybridized carbons (Fsp3) is 0.308. The maximum absolute atomic E-state index is 12.3. The van der Waals surface area contributed by atoms with Crippen molar-refractivity contribution < 1.29 is 14.4 Å². The van der Waals surface area contributed by atoms with Crippen molar-refractivity contribution in [1.82, 2.24) is 15.2 Å². The van der Waals surface area contributed by atoms with Gasteiger partial charge in [-0.05, 0) is 6.07 Å². The number of fused-ring (bicyclic) bond motifs is 1. The summed E-state index contributed by atoms with van der Waals surface area (Å²) in [5, 5.41) is 11.5. The van der Waals surface area contributed by atoms with Crippen molar-refractivity contribution in [2.24, 2.45) is 0 Å². The summed E-state index contributed by atoms with van der Waals surface area (Å²) in [7, 11) is 0. The third-order valence-electron chi connectivity index (χ3n) is 3.66. The van der Waals surface area contributed by atoms with Crippen molar-refractivity contribution >= 4 is 17.7 Å². The summed E-state index contributed by atoms with van der Waals surface area (Å²) >= 11 is 0. The van der Waals surface area contributed by atoms with Crippen LogP contribution >= 0.6 is 0 Å². The molecule has 1 fully saturated rings. The first-order valence-electron chi connectivity index (χ1n) is 6.10. The van der Waals surface area contributed by atoms with Gasteiger partial charge in [-0.3, -0.25) is 24.7 Å². The minimum absolute atomic E-state index is 0.00783. The smallest absolute Gasteiger partial charge is 0.274 e. The van der Waals surface area contributed by atoms with E-state index in [-0.39, 0.29) is 25.1 Å². The van der Waals surface area contributed by atoms with Crippen molar-refractivity contribution in [2.45, 2.75) is 24.9 Å². The van der Waals surface area contributed by atoms with Gasteiger partial charge >= 0.3 is 0 Å². The average Bonchev–Trinajstić information content (AvgIpc) is 2.78. The lowest BCUT2D eigenvalue weighted by molar-refractivity contribution is -0.140. The number of imide groups is 1. The average molecular weight is 270 g/mol. The number of hydrogen-bond donors (Lipinski definition) is 1. The summed E-state index contributed by atoms with van der Waals surface area (Å²) < 4.78 is 0. The molecule has 1 atom stereocenters. The lowest BCUT2D eigenvalue weighted by Crippen LogP contribution is -2.62. The van der Waals surface area contributed by atoms with E-state index in [4.69, 9.17) is 0 Å². The molecule has 1 unspecified atom stereocenters. The van der Waals surface area contributed by atoms with Gasteiger partial charge in [-0.15, -0.1) is 0 Å². The number of carbonyl (C=O) groups excluding carboxylic acids is 3. The molecule has 0 spiro atoms. The number of pyridine rings is 1. The maximum Gasteiger partial charge on any atom is 0.274 e. The van der Waals surface area contributed by atoms with Crippen LogP contribution in [0.3, 0.4) is 0 Å². The monoisotopic (exact) mass is 270 g/mol. The number of nitriles is 1. The molecule has 3 heterocycles. The summed E-state index contributed by atoms with van der Waals surface area (Å²) in [4.78, 5) is 40.8. The molecule has 7 heteroatoms. The Hall–Kier alpha value is -2.75. The summed E-state index contributed by atoms with van der Waals surface area (Å²) in [5.74, 6) is -1.62. The summed E-state index contributed by atoms with van der Waals surface area (Å²) in [5.41, 5.74) is -0.699. The van der Waals surface area contributed by atoms with E-state index in [1.807, 2.05) is 6.07 Å². The molecule has 1 aromatic rings. The topological polar surface area (TPSA) is 103 Å². The first-order chi connectivity index (χ1) is 9.58. The van der Waals surface area contributed by atoms with Gasteiger partial charge in [0, 0.05) is 24.6 Å². The number of nitrogens with zero attached hydrogens (tertiary/aromatic N) is 3. The molecule has 0 aliphatic carbocycles. The fourth-order valence-corrected chi connectivity index (χ4v) is 2.56. The summed E-state index contributed by atoms with van der Waals surface area (Å²) in [6.07, 6.45) is 1.53. The van der Waals surface area contributed by atoms with E-state index in [0.29, 0.717) is 5.56 Å². The maximum atomic E-state index is 12.3. The van der Waals surface area contributed by atoms with Crippen LogP contribution in [0.25, 0.3) is 0 Å². The second-order valence-corrected chi connectivity index (χ2v) is 4.75. The predicted octanol–water partition coefficient (Wildman–Crippen LogP) is -0.264. The normalized spacial score (nSPS) is 25.1. The molecule has 3 rings (SSSR count). The van der Waals surface area contributed by atoms with Crippen molar-refractivity contribution in [1.29, 1.82) is 5.26 Å². The molecule has 2 aliphatic heterocycles. The van der Waals surface area contributed by atoms with Crippen LogP contribution in [0, 0.1) is 11.3 Å². The zero-order valence-electron chi connectivity index (χ0n) is 10.4. The van der Waals surface area contributed by atoms with Crippen LogP contribution in [0.5, 0.6) is 0 Å². The van der Waals surface area contributed by atoms with Gasteiger partial charge in [-0.2, -0.15) is 5.26 Å². The summed E-state index contributed by atoms with van der Waals surface area (Å²) in [6.45, 7) is 0.150. The van der Waals surface area contributed by atoms with Crippen LogP contribution < -0.4 is 5.32 Å². The zero-order valence-corrected chi connectivity index (χ0v) is 10.4. The van der Waals surface area contributed by atoms with E-state index in [0.717, 1.165) is 0 Å². The van der Waals surface area contributed by atoms with Crippen LogP contribution in [-0.4, -0.2) is 33.1 Å². The Morgan fingerprint density at radius 3 is 2.85 bits per heavy atom. The van der Waals surface area contributed by atoms with E-state index in [1.54, 1.807) is 12.1 Å². The van der Waals surface area contributed by atoms with Gasteiger partial charge in [0.05, 0.1) is 6.54 Å². The Balaban J connectivity index is 2.01. The van der Waals surface area contributed by atoms with Crippen molar-refractivity contribution in [3.8, 4) is 6.07 Å². The summed E-state index contributed by atoms with van der Waals surface area (Å²) in [6, 6.07) is 5.33. The first kappa shape index (κ1) is 12.3. The molecule has 1 aromatic heterocycles. The largest absolute Gasteiger partial charge is 0.306 e. The number of amides is 3. The third kappa shape index (κ3) is 1.51. The first-order valence-corrected chi connectivity index (χ1v) is 6.10. The minimum Gasteiger partial charge on any atom is -0.306 e. The van der Waals surface area contributed by atoms with Crippen LogP contribution in [0.1, 0.15) is 28.9 Å². The van der Waals surface area contributed by atoms with Gasteiger partial charge in [-0.1, -0.05) is 6.07 Å². The van der Waals surface area contributed by atoms with E-state index >= 15 is 0 Å². The number of aromatic nitrogens is 1. The van der Waals surface area contributed by atoms with Crippen LogP contribution in [0.2, 0.25) is 0 Å². The van der Waals surface area contributed by atoms with E-state index in [1.165, 1.54) is 11.1 Å². The minimum atomic E-state index is -1.63. The Morgan fingerprint density at radius 2 is 2.20 bits per heavy atom. The number of hydrogen-bond acceptors (Lipinski definition) is 5. The zero-order chi connectivity index (χ0) is 14.3. The molecule has 0 bridgehead atoms. The molecule has 0 aromatic carbocycles. The highest BCUT2D eigenvalue weighted by molar-refractivity contribution is 6.08. The Kier molecular flexibility index (Phi) is 2.54. The van der Waals surface area contributed by atoms with Crippen LogP contribution in [-0.2, 0) is 16.1 Å². The number of piperidine rings is 1. The molecule has 2 aliphatic rings. The fourth-order valence-electron chi connectivity index (χ4n) is 2.56. The van der Waals surface area contributed by atoms with E-state index < -0.39 is 23.3 Å². The SMILES string of the molecule is N#CC1(N2Cc3cccnc3C2=O)CCC(=O)NC1=O. The van der Waals surface area contributed by atoms with Crippen molar-refractivity contribution in [3.63, 3.8) is 0 Å². The lowest BCUT2D eigenvalue weighted by atomic mass is 9.88. The van der Waals surface area contributed by atoms with Crippen LogP contribution in [0.4, 0.5) is 0 Å². The Labute approximate surface area is 114 Å². The molecule has 7 nitrogen and oxygen atoms in total. The van der Waals surface area contributed by atoms with E-state index in [2.05, 4.69) is 10.3 Å². The van der Waals surface area contributed by atoms with E-state index in [9.17, 15) is 19.6 Å².